The first kappa shape index (κ1) is 23.8. The zero-order valence-corrected chi connectivity index (χ0v) is 19.4. The summed E-state index contributed by atoms with van der Waals surface area (Å²) in [6, 6.07) is 16.2. The second-order valence-electron chi connectivity index (χ2n) is 8.99. The average Bonchev–Trinajstić information content (AvgIpc) is 3.38. The lowest BCUT2D eigenvalue weighted by Gasteiger charge is -2.21. The Hall–Kier alpha value is -3.39. The monoisotopic (exact) mass is 466 g/mol. The molecule has 180 valence electrons. The summed E-state index contributed by atoms with van der Waals surface area (Å²) in [4.78, 5) is 37.9. The van der Waals surface area contributed by atoms with Crippen LogP contribution in [-0.4, -0.2) is 67.4 Å². The molecule has 1 aliphatic carbocycles. The van der Waals surface area contributed by atoms with Gasteiger partial charge in [0.25, 0.3) is 0 Å². The lowest BCUT2D eigenvalue weighted by molar-refractivity contribution is -0.142. The van der Waals surface area contributed by atoms with Gasteiger partial charge in [0.1, 0.15) is 6.61 Å². The molecule has 3 atom stereocenters. The largest absolute Gasteiger partial charge is 0.481 e. The molecule has 8 nitrogen and oxygen atoms in total. The number of benzene rings is 2. The zero-order valence-electron chi connectivity index (χ0n) is 19.4. The summed E-state index contributed by atoms with van der Waals surface area (Å²) in [7, 11) is 1.48. The Morgan fingerprint density at radius 3 is 2.24 bits per heavy atom. The van der Waals surface area contributed by atoms with Crippen molar-refractivity contribution in [3.05, 3.63) is 59.7 Å². The third-order valence-corrected chi connectivity index (χ3v) is 6.84. The van der Waals surface area contributed by atoms with Crippen LogP contribution in [0.4, 0.5) is 4.79 Å². The maximum absolute atomic E-state index is 12.6. The normalized spacial score (nSPS) is 19.9. The van der Waals surface area contributed by atoms with E-state index in [1.54, 1.807) is 4.90 Å². The number of rotatable bonds is 8. The lowest BCUT2D eigenvalue weighted by Crippen LogP contribution is -2.39. The lowest BCUT2D eigenvalue weighted by atomic mass is 9.98. The summed E-state index contributed by atoms with van der Waals surface area (Å²) in [5, 5.41) is 12.0. The molecule has 34 heavy (non-hydrogen) atoms. The van der Waals surface area contributed by atoms with Gasteiger partial charge in [-0.05, 0) is 28.2 Å². The van der Waals surface area contributed by atoms with E-state index in [1.165, 1.54) is 7.11 Å². The molecule has 2 amide bonds. The molecule has 8 heteroatoms. The van der Waals surface area contributed by atoms with Crippen molar-refractivity contribution in [2.75, 3.05) is 33.4 Å². The highest BCUT2D eigenvalue weighted by molar-refractivity contribution is 5.80. The van der Waals surface area contributed by atoms with Crippen molar-refractivity contribution in [1.82, 2.24) is 10.2 Å². The van der Waals surface area contributed by atoms with E-state index in [-0.39, 0.29) is 43.9 Å². The number of carboxylic acid groups (broad SMARTS) is 1. The summed E-state index contributed by atoms with van der Waals surface area (Å²) in [5.74, 6) is -1.75. The van der Waals surface area contributed by atoms with E-state index >= 15 is 0 Å². The first-order chi connectivity index (χ1) is 16.4. The van der Waals surface area contributed by atoms with Gasteiger partial charge in [-0.25, -0.2) is 4.79 Å². The fraction of sp³-hybridized carbons (Fsp3) is 0.423. The first-order valence-electron chi connectivity index (χ1n) is 11.5. The highest BCUT2D eigenvalue weighted by Crippen LogP contribution is 2.44. The number of hydrogen-bond acceptors (Lipinski definition) is 5. The first-order valence-corrected chi connectivity index (χ1v) is 11.5. The standard InChI is InChI=1S/C26H30N2O6/c1-16-13-28(14-22(16)25(30)31)24(29)11-17(33-2)12-27-26(32)34-15-23-20-9-5-3-7-18(20)19-8-4-6-10-21(19)23/h3-10,16-17,22-23H,11-15H2,1-2H3,(H,27,32)(H,30,31). The molecule has 1 saturated heterocycles. The van der Waals surface area contributed by atoms with Gasteiger partial charge in [0.2, 0.25) is 5.91 Å². The van der Waals surface area contributed by atoms with Crippen LogP contribution in [0.15, 0.2) is 48.5 Å². The number of nitrogens with zero attached hydrogens (tertiary/aromatic N) is 1. The fourth-order valence-corrected chi connectivity index (χ4v) is 4.90. The second kappa shape index (κ2) is 10.3. The minimum Gasteiger partial charge on any atom is -0.481 e. The summed E-state index contributed by atoms with van der Waals surface area (Å²) in [6.07, 6.45) is -1.05. The van der Waals surface area contributed by atoms with E-state index in [0.717, 1.165) is 22.3 Å². The number of carbonyl (C=O) groups excluding carboxylic acids is 2. The molecular formula is C26H30N2O6. The van der Waals surface area contributed by atoms with Gasteiger partial charge in [0.15, 0.2) is 0 Å². The van der Waals surface area contributed by atoms with Gasteiger partial charge in [-0.1, -0.05) is 55.5 Å². The second-order valence-corrected chi connectivity index (χ2v) is 8.99. The van der Waals surface area contributed by atoms with Crippen LogP contribution in [-0.2, 0) is 19.1 Å². The van der Waals surface area contributed by atoms with Crippen LogP contribution in [0.5, 0.6) is 0 Å². The van der Waals surface area contributed by atoms with Crippen molar-refractivity contribution >= 4 is 18.0 Å². The van der Waals surface area contributed by atoms with Gasteiger partial charge in [0.05, 0.1) is 18.4 Å². The number of alkyl carbamates (subject to hydrolysis) is 1. The number of carboxylic acids is 1. The molecule has 2 aliphatic rings. The van der Waals surface area contributed by atoms with Crippen LogP contribution in [0.25, 0.3) is 11.1 Å². The third kappa shape index (κ3) is 4.92. The SMILES string of the molecule is COC(CNC(=O)OCC1c2ccccc2-c2ccccc21)CC(=O)N1CC(C)C(C(=O)O)C1. The van der Waals surface area contributed by atoms with Crippen LogP contribution in [0.1, 0.15) is 30.4 Å². The maximum atomic E-state index is 12.6. The Bertz CT molecular complexity index is 1030. The zero-order chi connectivity index (χ0) is 24.2. The minimum absolute atomic E-state index is 0.0303. The predicted octanol–water partition coefficient (Wildman–Crippen LogP) is 3.11. The molecule has 1 aliphatic heterocycles. The van der Waals surface area contributed by atoms with Crippen LogP contribution < -0.4 is 5.32 Å². The molecule has 2 aromatic carbocycles. The molecule has 2 aromatic rings. The number of aliphatic carboxylic acids is 1. The summed E-state index contributed by atoms with van der Waals surface area (Å²) in [5.41, 5.74) is 4.59. The van der Waals surface area contributed by atoms with E-state index in [9.17, 15) is 19.5 Å². The molecule has 0 saturated carbocycles. The number of methoxy groups -OCH3 is 1. The van der Waals surface area contributed by atoms with Gasteiger partial charge in [-0.15, -0.1) is 0 Å². The summed E-state index contributed by atoms with van der Waals surface area (Å²) in [6.45, 7) is 2.76. The molecule has 1 fully saturated rings. The Morgan fingerprint density at radius 2 is 1.68 bits per heavy atom. The molecular weight excluding hydrogens is 436 g/mol. The van der Waals surface area contributed by atoms with Crippen molar-refractivity contribution in [2.24, 2.45) is 11.8 Å². The van der Waals surface area contributed by atoms with Crippen molar-refractivity contribution in [2.45, 2.75) is 25.4 Å². The van der Waals surface area contributed by atoms with Crippen LogP contribution >= 0.6 is 0 Å². The number of fused-ring (bicyclic) bond motifs is 3. The number of likely N-dealkylation sites (tertiary alicyclic amines) is 1. The van der Waals surface area contributed by atoms with Gasteiger partial charge >= 0.3 is 12.1 Å². The van der Waals surface area contributed by atoms with Gasteiger partial charge in [0, 0.05) is 32.7 Å². The topological polar surface area (TPSA) is 105 Å². The average molecular weight is 467 g/mol. The van der Waals surface area contributed by atoms with Crippen molar-refractivity contribution in [3.63, 3.8) is 0 Å². The smallest absolute Gasteiger partial charge is 0.407 e. The quantitative estimate of drug-likeness (QED) is 0.619. The van der Waals surface area contributed by atoms with E-state index in [2.05, 4.69) is 29.6 Å². The van der Waals surface area contributed by atoms with Crippen molar-refractivity contribution < 1.29 is 29.0 Å². The Labute approximate surface area is 198 Å². The molecule has 4 rings (SSSR count). The number of hydrogen-bond donors (Lipinski definition) is 2. The number of amides is 2. The molecule has 0 radical (unpaired) electrons. The van der Waals surface area contributed by atoms with Gasteiger partial charge in [-0.3, -0.25) is 9.59 Å². The summed E-state index contributed by atoms with van der Waals surface area (Å²) < 4.78 is 10.9. The number of ether oxygens (including phenoxy) is 2. The number of nitrogens with one attached hydrogen (secondary N) is 1. The van der Waals surface area contributed by atoms with Crippen LogP contribution in [0.3, 0.4) is 0 Å². The Kier molecular flexibility index (Phi) is 7.17. The van der Waals surface area contributed by atoms with Gasteiger partial charge in [-0.2, -0.15) is 0 Å². The van der Waals surface area contributed by atoms with Gasteiger partial charge < -0.3 is 24.8 Å². The third-order valence-electron chi connectivity index (χ3n) is 6.84. The summed E-state index contributed by atoms with van der Waals surface area (Å²) >= 11 is 0. The highest BCUT2D eigenvalue weighted by atomic mass is 16.5. The maximum Gasteiger partial charge on any atom is 0.407 e. The molecule has 0 bridgehead atoms. The minimum atomic E-state index is -0.886. The van der Waals surface area contributed by atoms with Crippen LogP contribution in [0, 0.1) is 11.8 Å². The molecule has 3 unspecified atom stereocenters. The van der Waals surface area contributed by atoms with Crippen LogP contribution in [0.2, 0.25) is 0 Å². The Balaban J connectivity index is 1.28. The predicted molar refractivity (Wildman–Crippen MR) is 125 cm³/mol. The molecule has 0 aromatic heterocycles. The highest BCUT2D eigenvalue weighted by Gasteiger charge is 2.37. The van der Waals surface area contributed by atoms with Crippen molar-refractivity contribution in [3.8, 4) is 11.1 Å². The molecule has 1 heterocycles. The fourth-order valence-electron chi connectivity index (χ4n) is 4.90. The van der Waals surface area contributed by atoms with Crippen molar-refractivity contribution in [1.29, 1.82) is 0 Å². The van der Waals surface area contributed by atoms with E-state index in [1.807, 2.05) is 31.2 Å². The molecule has 0 spiro atoms. The number of carbonyl (C=O) groups is 3. The van der Waals surface area contributed by atoms with E-state index in [4.69, 9.17) is 9.47 Å². The Morgan fingerprint density at radius 1 is 1.06 bits per heavy atom. The van der Waals surface area contributed by atoms with E-state index < -0.39 is 24.1 Å². The van der Waals surface area contributed by atoms with E-state index in [0.29, 0.717) is 6.54 Å². The molecule has 2 N–H and O–H groups in total.